The summed E-state index contributed by atoms with van der Waals surface area (Å²) in [6.07, 6.45) is 5.98. The second-order valence-corrected chi connectivity index (χ2v) is 5.91. The molecule has 0 aliphatic heterocycles. The summed E-state index contributed by atoms with van der Waals surface area (Å²) < 4.78 is 22.1. The summed E-state index contributed by atoms with van der Waals surface area (Å²) in [5, 5.41) is 5.03. The van der Waals surface area contributed by atoms with Gasteiger partial charge in [-0.05, 0) is 23.8 Å². The molecule has 4 heteroatoms. The molecule has 14 heavy (non-hydrogen) atoms. The fraction of sp³-hybridized carbons (Fsp3) is 0.600. The van der Waals surface area contributed by atoms with E-state index in [1.54, 1.807) is 12.2 Å². The second-order valence-electron chi connectivity index (χ2n) is 4.35. The number of rotatable bonds is 2. The molecular weight excluding hydrogens is 198 g/mol. The largest absolute Gasteiger partial charge is 0.237 e. The van der Waals surface area contributed by atoms with Gasteiger partial charge in [-0.1, -0.05) is 32.9 Å². The zero-order valence-electron chi connectivity index (χ0n) is 8.82. The topological polar surface area (TPSA) is 60.2 Å². The average Bonchev–Trinajstić information content (AvgIpc) is 2.03. The van der Waals surface area contributed by atoms with Crippen molar-refractivity contribution >= 4 is 10.0 Å². The Hall–Kier alpha value is -0.610. The molecule has 80 valence electrons. The second kappa shape index (κ2) is 3.51. The van der Waals surface area contributed by atoms with Crippen molar-refractivity contribution in [1.82, 2.24) is 0 Å². The van der Waals surface area contributed by atoms with E-state index in [0.717, 1.165) is 6.42 Å². The molecule has 0 aromatic heterocycles. The van der Waals surface area contributed by atoms with Crippen LogP contribution in [0.4, 0.5) is 0 Å². The van der Waals surface area contributed by atoms with Crippen LogP contribution in [0.5, 0.6) is 0 Å². The average molecular weight is 215 g/mol. The lowest BCUT2D eigenvalue weighted by Crippen LogP contribution is -2.24. The van der Waals surface area contributed by atoms with Crippen LogP contribution in [0.1, 0.15) is 27.2 Å². The van der Waals surface area contributed by atoms with Gasteiger partial charge in [-0.2, -0.15) is 0 Å². The molecule has 0 radical (unpaired) electrons. The molecule has 0 heterocycles. The Kier molecular flexibility index (Phi) is 2.88. The van der Waals surface area contributed by atoms with Gasteiger partial charge in [0.15, 0.2) is 0 Å². The summed E-state index contributed by atoms with van der Waals surface area (Å²) in [5.74, 6) is 0.483. The lowest BCUT2D eigenvalue weighted by Gasteiger charge is -2.31. The van der Waals surface area contributed by atoms with Crippen molar-refractivity contribution in [3.8, 4) is 0 Å². The molecule has 3 nitrogen and oxygen atoms in total. The minimum absolute atomic E-state index is 0.0498. The van der Waals surface area contributed by atoms with Crippen molar-refractivity contribution in [2.24, 2.45) is 16.5 Å². The van der Waals surface area contributed by atoms with E-state index in [1.165, 1.54) is 0 Å². The van der Waals surface area contributed by atoms with E-state index in [2.05, 4.69) is 20.8 Å². The third-order valence-corrected chi connectivity index (χ3v) is 3.98. The van der Waals surface area contributed by atoms with Gasteiger partial charge in [-0.15, -0.1) is 0 Å². The lowest BCUT2D eigenvalue weighted by atomic mass is 9.74. The third-order valence-electron chi connectivity index (χ3n) is 3.02. The van der Waals surface area contributed by atoms with Gasteiger partial charge < -0.3 is 0 Å². The van der Waals surface area contributed by atoms with Crippen LogP contribution in [-0.4, -0.2) is 8.42 Å². The highest BCUT2D eigenvalue weighted by atomic mass is 32.2. The molecular formula is C10H17NO2S. The first kappa shape index (κ1) is 11.5. The summed E-state index contributed by atoms with van der Waals surface area (Å²) in [4.78, 5) is 0.232. The molecule has 0 saturated heterocycles. The highest BCUT2D eigenvalue weighted by Gasteiger charge is 2.28. The number of allylic oxidation sites excluding steroid dienone is 3. The van der Waals surface area contributed by atoms with Crippen molar-refractivity contribution in [1.29, 1.82) is 0 Å². The minimum atomic E-state index is -3.53. The van der Waals surface area contributed by atoms with Gasteiger partial charge in [0.2, 0.25) is 10.0 Å². The molecule has 0 bridgehead atoms. The fourth-order valence-corrected chi connectivity index (χ4v) is 1.94. The Morgan fingerprint density at radius 2 is 2.07 bits per heavy atom. The van der Waals surface area contributed by atoms with Gasteiger partial charge in [0.1, 0.15) is 0 Å². The van der Waals surface area contributed by atoms with Gasteiger partial charge in [0.05, 0.1) is 4.91 Å². The summed E-state index contributed by atoms with van der Waals surface area (Å²) in [7, 11) is -3.53. The first-order valence-corrected chi connectivity index (χ1v) is 6.22. The fourth-order valence-electron chi connectivity index (χ4n) is 1.37. The smallest absolute Gasteiger partial charge is 0.225 e. The number of hydrogen-bond donors (Lipinski definition) is 1. The molecule has 1 rings (SSSR count). The normalized spacial score (nSPS) is 27.9. The molecule has 1 aliphatic carbocycles. The maximum absolute atomic E-state index is 11.0. The van der Waals surface area contributed by atoms with E-state index in [0.29, 0.717) is 5.92 Å². The summed E-state index contributed by atoms with van der Waals surface area (Å²) in [6.45, 7) is 6.37. The van der Waals surface area contributed by atoms with Gasteiger partial charge in [-0.25, -0.2) is 13.6 Å². The summed E-state index contributed by atoms with van der Waals surface area (Å²) in [6, 6.07) is 0. The third kappa shape index (κ3) is 2.25. The predicted molar refractivity (Wildman–Crippen MR) is 57.9 cm³/mol. The molecule has 0 amide bonds. The summed E-state index contributed by atoms with van der Waals surface area (Å²) >= 11 is 0. The molecule has 0 fully saturated rings. The van der Waals surface area contributed by atoms with Crippen LogP contribution < -0.4 is 5.14 Å². The Balaban J connectivity index is 2.92. The quantitative estimate of drug-likeness (QED) is 0.763. The number of hydrogen-bond acceptors (Lipinski definition) is 2. The van der Waals surface area contributed by atoms with E-state index in [4.69, 9.17) is 5.14 Å². The van der Waals surface area contributed by atoms with Crippen molar-refractivity contribution in [2.45, 2.75) is 27.2 Å². The molecule has 1 unspecified atom stereocenters. The Labute approximate surface area is 85.7 Å². The zero-order valence-corrected chi connectivity index (χ0v) is 9.64. The van der Waals surface area contributed by atoms with Gasteiger partial charge in [0.25, 0.3) is 0 Å². The molecule has 0 aromatic rings. The van der Waals surface area contributed by atoms with E-state index in [9.17, 15) is 8.42 Å². The highest BCUT2D eigenvalue weighted by molar-refractivity contribution is 7.93. The van der Waals surface area contributed by atoms with Crippen LogP contribution in [0.2, 0.25) is 0 Å². The first-order valence-electron chi connectivity index (χ1n) is 4.68. The predicted octanol–water partition coefficient (Wildman–Crippen LogP) is 1.78. The maximum Gasteiger partial charge on any atom is 0.237 e. The van der Waals surface area contributed by atoms with E-state index < -0.39 is 10.0 Å². The molecule has 1 atom stereocenters. The van der Waals surface area contributed by atoms with Gasteiger partial charge in [-0.3, -0.25) is 0 Å². The van der Waals surface area contributed by atoms with Gasteiger partial charge >= 0.3 is 0 Å². The molecule has 0 spiro atoms. The van der Waals surface area contributed by atoms with Crippen molar-refractivity contribution < 1.29 is 8.42 Å². The van der Waals surface area contributed by atoms with Crippen molar-refractivity contribution in [3.63, 3.8) is 0 Å². The molecule has 0 aromatic carbocycles. The SMILES string of the molecule is CC(C)C1(C)C=CC(S(N)(=O)=O)=CC1. The van der Waals surface area contributed by atoms with Crippen LogP contribution in [0.15, 0.2) is 23.1 Å². The van der Waals surface area contributed by atoms with Crippen LogP contribution in [0.25, 0.3) is 0 Å². The van der Waals surface area contributed by atoms with Crippen molar-refractivity contribution in [2.75, 3.05) is 0 Å². The maximum atomic E-state index is 11.0. The number of primary sulfonamides is 1. The standard InChI is InChI=1S/C10H17NO2S/c1-8(2)10(3)6-4-9(5-7-10)14(11,12)13/h4-6,8H,7H2,1-3H3,(H2,11,12,13). The number of nitrogens with two attached hydrogens (primary N) is 1. The number of sulfonamides is 1. The van der Waals surface area contributed by atoms with Crippen LogP contribution in [-0.2, 0) is 10.0 Å². The van der Waals surface area contributed by atoms with E-state index in [1.807, 2.05) is 6.08 Å². The Morgan fingerprint density at radius 3 is 2.36 bits per heavy atom. The van der Waals surface area contributed by atoms with Crippen LogP contribution in [0, 0.1) is 11.3 Å². The monoisotopic (exact) mass is 215 g/mol. The lowest BCUT2D eigenvalue weighted by molar-refractivity contribution is 0.299. The molecule has 1 aliphatic rings. The van der Waals surface area contributed by atoms with Crippen LogP contribution >= 0.6 is 0 Å². The Morgan fingerprint density at radius 1 is 1.50 bits per heavy atom. The zero-order chi connectivity index (χ0) is 11.0. The summed E-state index contributed by atoms with van der Waals surface area (Å²) in [5.41, 5.74) is 0.0498. The first-order chi connectivity index (χ1) is 6.26. The minimum Gasteiger partial charge on any atom is -0.225 e. The molecule has 2 N–H and O–H groups in total. The van der Waals surface area contributed by atoms with Gasteiger partial charge in [0, 0.05) is 0 Å². The van der Waals surface area contributed by atoms with E-state index in [-0.39, 0.29) is 10.3 Å². The Bertz CT molecular complexity index is 379. The molecule has 0 saturated carbocycles. The highest BCUT2D eigenvalue weighted by Crippen LogP contribution is 2.36. The van der Waals surface area contributed by atoms with Crippen molar-refractivity contribution in [3.05, 3.63) is 23.1 Å². The van der Waals surface area contributed by atoms with E-state index >= 15 is 0 Å². The van der Waals surface area contributed by atoms with Crippen LogP contribution in [0.3, 0.4) is 0 Å².